The van der Waals surface area contributed by atoms with Crippen LogP contribution in [0.5, 0.6) is 5.75 Å². The van der Waals surface area contributed by atoms with E-state index in [-0.39, 0.29) is 23.5 Å². The Hall–Kier alpha value is -4.30. The van der Waals surface area contributed by atoms with Crippen molar-refractivity contribution in [2.24, 2.45) is 0 Å². The van der Waals surface area contributed by atoms with E-state index < -0.39 is 28.0 Å². The topological polar surface area (TPSA) is 135 Å². The van der Waals surface area contributed by atoms with Crippen LogP contribution in [0, 0.1) is 11.8 Å². The number of hydrogen-bond donors (Lipinski definition) is 3. The van der Waals surface area contributed by atoms with Crippen LogP contribution in [0.2, 0.25) is 5.02 Å². The highest BCUT2D eigenvalue weighted by atomic mass is 35.5. The number of nitrogens with one attached hydrogen (secondary N) is 1. The van der Waals surface area contributed by atoms with Gasteiger partial charge in [-0.2, -0.15) is 4.72 Å². The number of carboxylic acid groups (broad SMARTS) is 2. The number of ether oxygens (including phenoxy) is 1. The summed E-state index contributed by atoms with van der Waals surface area (Å²) < 4.78 is 35.6. The third-order valence-electron chi connectivity index (χ3n) is 6.12. The Morgan fingerprint density at radius 3 is 2.38 bits per heavy atom. The molecule has 206 valence electrons. The van der Waals surface area contributed by atoms with Crippen LogP contribution in [-0.2, 0) is 27.8 Å². The summed E-state index contributed by atoms with van der Waals surface area (Å²) in [5, 5.41) is 20.5. The molecule has 0 aliphatic heterocycles. The van der Waals surface area contributed by atoms with E-state index >= 15 is 0 Å². The van der Waals surface area contributed by atoms with Crippen molar-refractivity contribution < 1.29 is 33.0 Å². The zero-order valence-corrected chi connectivity index (χ0v) is 22.9. The number of hydrogen-bond acceptors (Lipinski definition) is 5. The molecule has 0 unspecified atom stereocenters. The van der Waals surface area contributed by atoms with Gasteiger partial charge >= 0.3 is 11.9 Å². The molecule has 11 heteroatoms. The van der Waals surface area contributed by atoms with Gasteiger partial charge in [-0.3, -0.25) is 4.79 Å². The fourth-order valence-electron chi connectivity index (χ4n) is 4.15. The first-order chi connectivity index (χ1) is 19.1. The number of halogens is 1. The molecule has 0 fully saturated rings. The van der Waals surface area contributed by atoms with Gasteiger partial charge in [0.1, 0.15) is 18.4 Å². The van der Waals surface area contributed by atoms with Gasteiger partial charge in [-0.25, -0.2) is 13.2 Å². The fourth-order valence-corrected chi connectivity index (χ4v) is 5.46. The standard InChI is InChI=1S/C29H25ClN2O7S/c1-2-3-14-39-23-9-11-24(12-10-23)40(37,38)31-26(29(35)36)16-21-18-32(17-19-4-7-22(30)8-5-19)27-13-6-20(28(33)34)15-25(21)27/h4-13,15,18,26,31H,14,16-17H2,1H3,(H,33,34)(H,35,36)/t26-/m0/s1. The normalized spacial score (nSPS) is 11.9. The molecule has 0 aliphatic rings. The summed E-state index contributed by atoms with van der Waals surface area (Å²) in [6, 6.07) is 15.8. The fraction of sp³-hybridized carbons (Fsp3) is 0.172. The molecular weight excluding hydrogens is 556 g/mol. The van der Waals surface area contributed by atoms with Crippen molar-refractivity contribution >= 4 is 44.5 Å². The Kier molecular flexibility index (Phi) is 8.80. The van der Waals surface area contributed by atoms with Crippen molar-refractivity contribution in [2.45, 2.75) is 30.8 Å². The number of aliphatic carboxylic acids is 1. The maximum atomic E-state index is 13.1. The first-order valence-electron chi connectivity index (χ1n) is 12.0. The van der Waals surface area contributed by atoms with Crippen molar-refractivity contribution in [2.75, 3.05) is 6.61 Å². The van der Waals surface area contributed by atoms with E-state index in [4.69, 9.17) is 16.3 Å². The molecule has 9 nitrogen and oxygen atoms in total. The molecule has 0 amide bonds. The number of aromatic nitrogens is 1. The largest absolute Gasteiger partial charge is 0.481 e. The van der Waals surface area contributed by atoms with Crippen molar-refractivity contribution in [1.29, 1.82) is 0 Å². The number of aromatic carboxylic acids is 1. The molecule has 3 aromatic carbocycles. The van der Waals surface area contributed by atoms with Gasteiger partial charge in [-0.15, -0.1) is 5.92 Å². The molecule has 0 spiro atoms. The second-order valence-electron chi connectivity index (χ2n) is 8.85. The summed E-state index contributed by atoms with van der Waals surface area (Å²) in [6.45, 7) is 2.23. The van der Waals surface area contributed by atoms with Crippen LogP contribution in [0.3, 0.4) is 0 Å². The highest BCUT2D eigenvalue weighted by molar-refractivity contribution is 7.89. The number of fused-ring (bicyclic) bond motifs is 1. The highest BCUT2D eigenvalue weighted by Gasteiger charge is 2.27. The second-order valence-corrected chi connectivity index (χ2v) is 11.0. The Morgan fingerprint density at radius 1 is 1.05 bits per heavy atom. The van der Waals surface area contributed by atoms with E-state index in [9.17, 15) is 28.2 Å². The van der Waals surface area contributed by atoms with Gasteiger partial charge in [-0.1, -0.05) is 29.7 Å². The number of carboxylic acids is 2. The molecule has 4 rings (SSSR count). The van der Waals surface area contributed by atoms with Crippen LogP contribution in [-0.4, -0.2) is 47.8 Å². The molecule has 4 aromatic rings. The van der Waals surface area contributed by atoms with E-state index in [2.05, 4.69) is 16.6 Å². The number of carbonyl (C=O) groups is 2. The zero-order valence-electron chi connectivity index (χ0n) is 21.3. The minimum Gasteiger partial charge on any atom is -0.481 e. The minimum absolute atomic E-state index is 0.0256. The molecular formula is C29H25ClN2O7S. The van der Waals surface area contributed by atoms with Gasteiger partial charge < -0.3 is 19.5 Å². The van der Waals surface area contributed by atoms with Crippen molar-refractivity contribution in [1.82, 2.24) is 9.29 Å². The molecule has 0 aliphatic carbocycles. The SMILES string of the molecule is CC#CCOc1ccc(S(=O)(=O)N[C@@H](Cc2cn(Cc3ccc(Cl)cc3)c3ccc(C(=O)O)cc23)C(=O)O)cc1. The number of benzene rings is 3. The summed E-state index contributed by atoms with van der Waals surface area (Å²) in [6.07, 6.45) is 1.49. The number of nitrogens with zero attached hydrogens (tertiary/aromatic N) is 1. The summed E-state index contributed by atoms with van der Waals surface area (Å²) in [4.78, 5) is 23.7. The summed E-state index contributed by atoms with van der Waals surface area (Å²) in [5.41, 5.74) is 2.09. The molecule has 0 saturated heterocycles. The first kappa shape index (κ1) is 28.7. The molecule has 1 atom stereocenters. The first-order valence-corrected chi connectivity index (χ1v) is 13.9. The van der Waals surface area contributed by atoms with Gasteiger partial charge in [0.2, 0.25) is 10.0 Å². The zero-order chi connectivity index (χ0) is 28.9. The monoisotopic (exact) mass is 580 g/mol. The average molecular weight is 581 g/mol. The molecule has 0 saturated carbocycles. The lowest BCUT2D eigenvalue weighted by molar-refractivity contribution is -0.138. The predicted molar refractivity (Wildman–Crippen MR) is 150 cm³/mol. The smallest absolute Gasteiger partial charge is 0.335 e. The lowest BCUT2D eigenvalue weighted by Gasteiger charge is -2.15. The van der Waals surface area contributed by atoms with Gasteiger partial charge in [0.05, 0.1) is 10.5 Å². The molecule has 1 aromatic heterocycles. The van der Waals surface area contributed by atoms with E-state index in [0.717, 1.165) is 5.56 Å². The molecule has 0 bridgehead atoms. The van der Waals surface area contributed by atoms with E-state index in [0.29, 0.717) is 33.8 Å². The highest BCUT2D eigenvalue weighted by Crippen LogP contribution is 2.26. The van der Waals surface area contributed by atoms with E-state index in [1.165, 1.54) is 36.4 Å². The van der Waals surface area contributed by atoms with Gasteiger partial charge in [0.15, 0.2) is 0 Å². The molecule has 1 heterocycles. The number of rotatable bonds is 11. The number of sulfonamides is 1. The van der Waals surface area contributed by atoms with Crippen LogP contribution in [0.25, 0.3) is 10.9 Å². The third-order valence-corrected chi connectivity index (χ3v) is 7.86. The summed E-state index contributed by atoms with van der Waals surface area (Å²) >= 11 is 5.99. The Labute approximate surface area is 236 Å². The van der Waals surface area contributed by atoms with Crippen LogP contribution in [0.15, 0.2) is 77.8 Å². The van der Waals surface area contributed by atoms with E-state index in [1.54, 1.807) is 31.3 Å². The quantitative estimate of drug-likeness (QED) is 0.224. The molecule has 3 N–H and O–H groups in total. The van der Waals surface area contributed by atoms with Crippen LogP contribution in [0.4, 0.5) is 0 Å². The third kappa shape index (κ3) is 6.82. The maximum Gasteiger partial charge on any atom is 0.335 e. The average Bonchev–Trinajstić information content (AvgIpc) is 3.26. The Morgan fingerprint density at radius 2 is 1.75 bits per heavy atom. The predicted octanol–water partition coefficient (Wildman–Crippen LogP) is 4.42. The summed E-state index contributed by atoms with van der Waals surface area (Å²) in [7, 11) is -4.22. The van der Waals surface area contributed by atoms with Crippen molar-refractivity contribution in [3.63, 3.8) is 0 Å². The van der Waals surface area contributed by atoms with Crippen molar-refractivity contribution in [3.8, 4) is 17.6 Å². The second kappa shape index (κ2) is 12.3. The van der Waals surface area contributed by atoms with Crippen molar-refractivity contribution in [3.05, 3.63) is 94.6 Å². The minimum atomic E-state index is -4.22. The Balaban J connectivity index is 1.64. The lowest BCUT2D eigenvalue weighted by Crippen LogP contribution is -2.42. The van der Waals surface area contributed by atoms with Gasteiger partial charge in [0, 0.05) is 35.1 Å². The molecule has 0 radical (unpaired) electrons. The maximum absolute atomic E-state index is 13.1. The Bertz CT molecular complexity index is 1720. The van der Waals surface area contributed by atoms with Gasteiger partial charge in [0.25, 0.3) is 0 Å². The molecule has 40 heavy (non-hydrogen) atoms. The van der Waals surface area contributed by atoms with Crippen LogP contribution < -0.4 is 9.46 Å². The van der Waals surface area contributed by atoms with Gasteiger partial charge in [-0.05, 0) is 72.6 Å². The van der Waals surface area contributed by atoms with Crippen LogP contribution in [0.1, 0.15) is 28.4 Å². The summed E-state index contributed by atoms with van der Waals surface area (Å²) in [5.74, 6) is 3.32. The van der Waals surface area contributed by atoms with E-state index in [1.807, 2.05) is 16.7 Å². The van der Waals surface area contributed by atoms with Crippen LogP contribution >= 0.6 is 11.6 Å². The lowest BCUT2D eigenvalue weighted by atomic mass is 10.0.